The number of nitrogens with one attached hydrogen (secondary N) is 1. The molecule has 1 amide bonds. The number of carbonyl (C=O) groups excluding carboxylic acids is 1. The molecule has 152 valence electrons. The molecule has 2 rings (SSSR count). The normalized spacial score (nSPS) is 46.8. The number of hydrogen-bond donors (Lipinski definition) is 8. The Labute approximate surface area is 149 Å². The van der Waals surface area contributed by atoms with Crippen LogP contribution in [0.2, 0.25) is 0 Å². The minimum atomic E-state index is -1.52. The molecule has 12 nitrogen and oxygen atoms in total. The predicted octanol–water partition coefficient (Wildman–Crippen LogP) is -6.00. The molecule has 2 saturated heterocycles. The first-order valence-electron chi connectivity index (χ1n) is 8.21. The molecule has 1 unspecified atom stereocenters. The van der Waals surface area contributed by atoms with Crippen LogP contribution in [0, 0.1) is 0 Å². The molecule has 0 saturated carbocycles. The summed E-state index contributed by atoms with van der Waals surface area (Å²) in [5, 5.41) is 61.3. The summed E-state index contributed by atoms with van der Waals surface area (Å²) >= 11 is 0. The van der Waals surface area contributed by atoms with E-state index in [1.807, 2.05) is 0 Å². The topological polar surface area (TPSA) is 206 Å². The van der Waals surface area contributed by atoms with E-state index in [0.717, 1.165) is 0 Å². The molecule has 2 aliphatic heterocycles. The highest BCUT2D eigenvalue weighted by atomic mass is 16.7. The summed E-state index contributed by atoms with van der Waals surface area (Å²) in [6.07, 6.45) is -10.7. The average molecular weight is 383 g/mol. The van der Waals surface area contributed by atoms with Crippen molar-refractivity contribution in [1.29, 1.82) is 0 Å². The van der Waals surface area contributed by atoms with Crippen molar-refractivity contribution < 1.29 is 55.4 Å². The molecule has 2 fully saturated rings. The summed E-state index contributed by atoms with van der Waals surface area (Å²) < 4.78 is 16.2. The van der Waals surface area contributed by atoms with Crippen LogP contribution in [0.1, 0.15) is 6.92 Å². The minimum absolute atomic E-state index is 0.537. The SMILES string of the molecule is CC(=O)N[C@H]1[C@H](O[C@H]2[C@H](O)[C@@H]([NH3+])C(O)O[C@@H]2CO)O[C@H](CO)[C@@H](O)[C@@H]1O. The first-order valence-corrected chi connectivity index (χ1v) is 8.21. The van der Waals surface area contributed by atoms with Gasteiger partial charge in [-0.25, -0.2) is 0 Å². The van der Waals surface area contributed by atoms with Gasteiger partial charge >= 0.3 is 0 Å². The van der Waals surface area contributed by atoms with E-state index in [2.05, 4.69) is 11.1 Å². The lowest BCUT2D eigenvalue weighted by Crippen LogP contribution is -2.78. The van der Waals surface area contributed by atoms with Crippen LogP contribution in [-0.4, -0.2) is 111 Å². The van der Waals surface area contributed by atoms with E-state index in [9.17, 15) is 35.4 Å². The highest BCUT2D eigenvalue weighted by Gasteiger charge is 2.51. The van der Waals surface area contributed by atoms with Crippen LogP contribution in [0.3, 0.4) is 0 Å². The Balaban J connectivity index is 2.22. The summed E-state index contributed by atoms with van der Waals surface area (Å²) in [6.45, 7) is -0.0436. The van der Waals surface area contributed by atoms with Crippen LogP contribution < -0.4 is 11.1 Å². The maximum atomic E-state index is 11.4. The molecule has 0 spiro atoms. The van der Waals surface area contributed by atoms with Crippen molar-refractivity contribution in [3.8, 4) is 0 Å². The third kappa shape index (κ3) is 4.31. The van der Waals surface area contributed by atoms with Crippen LogP contribution >= 0.6 is 0 Å². The zero-order chi connectivity index (χ0) is 19.6. The molecule has 2 heterocycles. The van der Waals surface area contributed by atoms with E-state index in [0.29, 0.717) is 0 Å². The number of rotatable bonds is 5. The van der Waals surface area contributed by atoms with E-state index >= 15 is 0 Å². The summed E-state index contributed by atoms with van der Waals surface area (Å²) in [5.74, 6) is -0.537. The molecular weight excluding hydrogens is 356 g/mol. The van der Waals surface area contributed by atoms with Gasteiger partial charge in [-0.2, -0.15) is 0 Å². The molecule has 0 radical (unpaired) electrons. The maximum absolute atomic E-state index is 11.4. The van der Waals surface area contributed by atoms with Gasteiger partial charge in [-0.15, -0.1) is 0 Å². The summed E-state index contributed by atoms with van der Waals surface area (Å²) in [5.41, 5.74) is 3.57. The second kappa shape index (κ2) is 8.84. The number of ether oxygens (including phenoxy) is 3. The van der Waals surface area contributed by atoms with E-state index < -0.39 is 80.4 Å². The summed E-state index contributed by atoms with van der Waals surface area (Å²) in [7, 11) is 0. The fourth-order valence-electron chi connectivity index (χ4n) is 3.05. The Hall–Kier alpha value is -0.930. The van der Waals surface area contributed by atoms with Gasteiger partial charge in [0, 0.05) is 6.92 Å². The molecular formula is C14H27N2O10+. The Kier molecular flexibility index (Phi) is 7.27. The Morgan fingerprint density at radius 1 is 1.04 bits per heavy atom. The number of aliphatic hydroxyl groups is 6. The van der Waals surface area contributed by atoms with Gasteiger partial charge in [0.2, 0.25) is 12.2 Å². The number of quaternary nitrogens is 1. The monoisotopic (exact) mass is 383 g/mol. The van der Waals surface area contributed by atoms with E-state index in [4.69, 9.17) is 14.2 Å². The highest BCUT2D eigenvalue weighted by molar-refractivity contribution is 5.73. The van der Waals surface area contributed by atoms with Crippen LogP contribution in [0.15, 0.2) is 0 Å². The van der Waals surface area contributed by atoms with Gasteiger partial charge in [-0.3, -0.25) is 4.79 Å². The smallest absolute Gasteiger partial charge is 0.217 e. The number of amides is 1. The molecule has 0 aromatic heterocycles. The summed E-state index contributed by atoms with van der Waals surface area (Å²) in [4.78, 5) is 11.4. The zero-order valence-corrected chi connectivity index (χ0v) is 14.2. The van der Waals surface area contributed by atoms with Gasteiger partial charge in [0.1, 0.15) is 42.7 Å². The lowest BCUT2D eigenvalue weighted by molar-refractivity contribution is -0.502. The van der Waals surface area contributed by atoms with Crippen LogP contribution in [-0.2, 0) is 19.0 Å². The van der Waals surface area contributed by atoms with Gasteiger partial charge in [0.05, 0.1) is 13.2 Å². The van der Waals surface area contributed by atoms with Crippen molar-refractivity contribution in [3.63, 3.8) is 0 Å². The van der Waals surface area contributed by atoms with Gasteiger partial charge in [-0.05, 0) is 0 Å². The summed E-state index contributed by atoms with van der Waals surface area (Å²) in [6, 6.07) is -2.21. The standard InChI is InChI=1S/C14H26N2O10/c1-4(19)16-8-11(22)9(20)5(2-17)25-14(8)26-12-6(3-18)24-13(23)7(15)10(12)21/h5-14,17-18,20-23H,2-3,15H2,1H3,(H,16,19)/p+1/t5-,6-,7-,8-,9-,10-,11-,12-,13?,14+/m1/s1. The van der Waals surface area contributed by atoms with E-state index in [1.54, 1.807) is 0 Å². The third-order valence-corrected chi connectivity index (χ3v) is 4.54. The average Bonchev–Trinajstić information content (AvgIpc) is 2.60. The quantitative estimate of drug-likeness (QED) is 0.225. The van der Waals surface area contributed by atoms with Crippen LogP contribution in [0.25, 0.3) is 0 Å². The third-order valence-electron chi connectivity index (χ3n) is 4.54. The Morgan fingerprint density at radius 3 is 2.19 bits per heavy atom. The van der Waals surface area contributed by atoms with Gasteiger partial charge < -0.3 is 55.9 Å². The second-order valence-corrected chi connectivity index (χ2v) is 6.44. The molecule has 0 aliphatic carbocycles. The van der Waals surface area contributed by atoms with Gasteiger partial charge in [-0.1, -0.05) is 0 Å². The Morgan fingerprint density at radius 2 is 1.65 bits per heavy atom. The molecule has 0 aromatic rings. The predicted molar refractivity (Wildman–Crippen MR) is 80.9 cm³/mol. The van der Waals surface area contributed by atoms with Crippen molar-refractivity contribution >= 4 is 5.91 Å². The second-order valence-electron chi connectivity index (χ2n) is 6.44. The molecule has 26 heavy (non-hydrogen) atoms. The Bertz CT molecular complexity index is 481. The number of aliphatic hydroxyl groups excluding tert-OH is 6. The lowest BCUT2D eigenvalue weighted by Gasteiger charge is -2.46. The van der Waals surface area contributed by atoms with Crippen molar-refractivity contribution in [3.05, 3.63) is 0 Å². The molecule has 0 bridgehead atoms. The van der Waals surface area contributed by atoms with Crippen molar-refractivity contribution in [1.82, 2.24) is 5.32 Å². The molecule has 2 aliphatic rings. The van der Waals surface area contributed by atoms with Crippen LogP contribution in [0.4, 0.5) is 0 Å². The van der Waals surface area contributed by atoms with Gasteiger partial charge in [0.25, 0.3) is 0 Å². The fourth-order valence-corrected chi connectivity index (χ4v) is 3.05. The highest BCUT2D eigenvalue weighted by Crippen LogP contribution is 2.27. The molecule has 10 atom stereocenters. The minimum Gasteiger partial charge on any atom is -0.394 e. The van der Waals surface area contributed by atoms with Crippen molar-refractivity contribution in [2.24, 2.45) is 0 Å². The number of hydrogen-bond acceptors (Lipinski definition) is 10. The van der Waals surface area contributed by atoms with Crippen LogP contribution in [0.5, 0.6) is 0 Å². The molecule has 0 aromatic carbocycles. The van der Waals surface area contributed by atoms with Crippen molar-refractivity contribution in [2.75, 3.05) is 13.2 Å². The zero-order valence-electron chi connectivity index (χ0n) is 14.2. The number of carbonyl (C=O) groups is 1. The van der Waals surface area contributed by atoms with E-state index in [-0.39, 0.29) is 0 Å². The fraction of sp³-hybridized carbons (Fsp3) is 0.929. The lowest BCUT2D eigenvalue weighted by atomic mass is 9.95. The first-order chi connectivity index (χ1) is 12.2. The van der Waals surface area contributed by atoms with E-state index in [1.165, 1.54) is 6.92 Å². The van der Waals surface area contributed by atoms with Gasteiger partial charge in [0.15, 0.2) is 12.3 Å². The first kappa shape index (κ1) is 21.4. The van der Waals surface area contributed by atoms with Crippen molar-refractivity contribution in [2.45, 2.75) is 68.2 Å². The largest absolute Gasteiger partial charge is 0.394 e. The molecule has 10 N–H and O–H groups in total. The maximum Gasteiger partial charge on any atom is 0.217 e. The molecule has 12 heteroatoms.